The van der Waals surface area contributed by atoms with Gasteiger partial charge in [0.1, 0.15) is 16.5 Å². The maximum atomic E-state index is 11.9. The third-order valence-electron chi connectivity index (χ3n) is 5.37. The summed E-state index contributed by atoms with van der Waals surface area (Å²) >= 11 is 0.978. The van der Waals surface area contributed by atoms with Gasteiger partial charge in [-0.2, -0.15) is 9.97 Å². The zero-order chi connectivity index (χ0) is 26.6. The fraction of sp³-hybridized carbons (Fsp3) is 0.318. The van der Waals surface area contributed by atoms with Gasteiger partial charge >= 0.3 is 5.97 Å². The van der Waals surface area contributed by atoms with Crippen LogP contribution in [0, 0.1) is 6.92 Å². The van der Waals surface area contributed by atoms with E-state index in [2.05, 4.69) is 35.6 Å². The maximum Gasteiger partial charge on any atom is 0.347 e. The van der Waals surface area contributed by atoms with E-state index in [1.165, 1.54) is 0 Å². The third-order valence-corrected chi connectivity index (χ3v) is 7.73. The molecular formula is C22H26N8O5S2. The van der Waals surface area contributed by atoms with Crippen LogP contribution in [0.25, 0.3) is 0 Å². The fourth-order valence-electron chi connectivity index (χ4n) is 3.46. The molecule has 13 nitrogen and oxygen atoms in total. The number of sulfonamides is 1. The smallest absolute Gasteiger partial charge is 0.347 e. The molecule has 0 radical (unpaired) electrons. The zero-order valence-corrected chi connectivity index (χ0v) is 21.7. The highest BCUT2D eigenvalue weighted by Crippen LogP contribution is 2.27. The van der Waals surface area contributed by atoms with Crippen LogP contribution in [0.5, 0.6) is 0 Å². The van der Waals surface area contributed by atoms with E-state index in [1.54, 1.807) is 44.2 Å². The monoisotopic (exact) mass is 546 g/mol. The van der Waals surface area contributed by atoms with Crippen LogP contribution in [0.15, 0.2) is 30.3 Å². The highest BCUT2D eigenvalue weighted by molar-refractivity contribution is 7.92. The lowest BCUT2D eigenvalue weighted by Gasteiger charge is -2.28. The van der Waals surface area contributed by atoms with Gasteiger partial charge in [-0.15, -0.1) is 0 Å². The molecule has 4 rings (SSSR count). The van der Waals surface area contributed by atoms with E-state index in [9.17, 15) is 23.1 Å². The topological polar surface area (TPSA) is 179 Å². The summed E-state index contributed by atoms with van der Waals surface area (Å²) in [5.41, 5.74) is 1.74. The number of hydrogen-bond acceptors (Lipinski definition) is 11. The highest BCUT2D eigenvalue weighted by atomic mass is 32.2. The Morgan fingerprint density at radius 1 is 1.22 bits per heavy atom. The predicted molar refractivity (Wildman–Crippen MR) is 141 cm³/mol. The molecule has 196 valence electrons. The van der Waals surface area contributed by atoms with Crippen molar-refractivity contribution in [1.29, 1.82) is 0 Å². The van der Waals surface area contributed by atoms with Gasteiger partial charge in [0, 0.05) is 31.4 Å². The van der Waals surface area contributed by atoms with Gasteiger partial charge in [0.15, 0.2) is 5.13 Å². The number of carbonyl (C=O) groups excluding carboxylic acids is 1. The van der Waals surface area contributed by atoms with Crippen molar-refractivity contribution in [3.05, 3.63) is 46.5 Å². The molecule has 1 aliphatic rings. The van der Waals surface area contributed by atoms with Crippen LogP contribution < -0.4 is 25.6 Å². The van der Waals surface area contributed by atoms with Gasteiger partial charge in [0.25, 0.3) is 0 Å². The molecule has 37 heavy (non-hydrogen) atoms. The van der Waals surface area contributed by atoms with Gasteiger partial charge in [0.2, 0.25) is 21.9 Å². The van der Waals surface area contributed by atoms with E-state index in [0.717, 1.165) is 16.9 Å². The Labute approximate surface area is 217 Å². The lowest BCUT2D eigenvalue weighted by molar-refractivity contribution is -0.120. The normalized spacial score (nSPS) is 13.7. The van der Waals surface area contributed by atoms with E-state index in [-0.39, 0.29) is 29.0 Å². The van der Waals surface area contributed by atoms with Crippen molar-refractivity contribution < 1.29 is 23.1 Å². The Balaban J connectivity index is 1.54. The Hall–Kier alpha value is -3.98. The molecule has 0 saturated carbocycles. The molecule has 0 spiro atoms. The highest BCUT2D eigenvalue weighted by Gasteiger charge is 2.20. The number of thiazole rings is 1. The van der Waals surface area contributed by atoms with Crippen LogP contribution in [-0.4, -0.2) is 65.7 Å². The van der Waals surface area contributed by atoms with Crippen molar-refractivity contribution in [2.45, 2.75) is 20.4 Å². The van der Waals surface area contributed by atoms with Crippen molar-refractivity contribution in [2.75, 3.05) is 45.6 Å². The molecule has 3 aromatic rings. The molecule has 0 unspecified atom stereocenters. The number of rotatable bonds is 10. The summed E-state index contributed by atoms with van der Waals surface area (Å²) < 4.78 is 26.0. The van der Waals surface area contributed by atoms with Crippen LogP contribution in [0.2, 0.25) is 0 Å². The summed E-state index contributed by atoms with van der Waals surface area (Å²) in [6.07, 6.45) is 0. The standard InChI is InChI=1S/C22H26N8O5S2/c1-3-37(34,35)29-15-6-4-14(5-7-15)11-24-16-10-17(30-9-8-23-18(31)12-30)27-21(26-16)28-22-25-13(2)19(36-22)20(32)33/h4-7,10,29H,3,8-9,11-12H2,1-2H3,(H,23,31)(H,32,33)(H2,24,25,26,27,28). The second-order valence-corrected chi connectivity index (χ2v) is 11.1. The number of anilines is 5. The molecular weight excluding hydrogens is 520 g/mol. The largest absolute Gasteiger partial charge is 0.477 e. The number of carboxylic acid groups (broad SMARTS) is 1. The van der Waals surface area contributed by atoms with Crippen LogP contribution in [-0.2, 0) is 21.4 Å². The van der Waals surface area contributed by atoms with Gasteiger partial charge in [0.05, 0.1) is 18.0 Å². The Morgan fingerprint density at radius 2 is 1.97 bits per heavy atom. The Bertz CT molecular complexity index is 1410. The van der Waals surface area contributed by atoms with Crippen LogP contribution in [0.3, 0.4) is 0 Å². The summed E-state index contributed by atoms with van der Waals surface area (Å²) in [6.45, 7) is 4.75. The van der Waals surface area contributed by atoms with E-state index in [1.807, 2.05) is 4.90 Å². The summed E-state index contributed by atoms with van der Waals surface area (Å²) in [4.78, 5) is 38.5. The van der Waals surface area contributed by atoms with E-state index >= 15 is 0 Å². The van der Waals surface area contributed by atoms with Gasteiger partial charge in [-0.1, -0.05) is 23.5 Å². The number of nitrogens with zero attached hydrogens (tertiary/aromatic N) is 4. The molecule has 0 atom stereocenters. The zero-order valence-electron chi connectivity index (χ0n) is 20.1. The quantitative estimate of drug-likeness (QED) is 0.251. The first-order valence-electron chi connectivity index (χ1n) is 11.3. The molecule has 5 N–H and O–H groups in total. The Kier molecular flexibility index (Phi) is 7.73. The van der Waals surface area contributed by atoms with Gasteiger partial charge in [-0.3, -0.25) is 14.8 Å². The van der Waals surface area contributed by atoms with Crippen LogP contribution >= 0.6 is 11.3 Å². The molecule has 15 heteroatoms. The average molecular weight is 547 g/mol. The number of benzene rings is 1. The number of carboxylic acids is 1. The molecule has 1 amide bonds. The van der Waals surface area contributed by atoms with E-state index in [0.29, 0.717) is 47.8 Å². The average Bonchev–Trinajstić information content (AvgIpc) is 3.23. The third kappa shape index (κ3) is 6.83. The SMILES string of the molecule is CCS(=O)(=O)Nc1ccc(CNc2cc(N3CCNC(=O)C3)nc(Nc3nc(C)c(C(=O)O)s3)n2)cc1. The van der Waals surface area contributed by atoms with Crippen LogP contribution in [0.4, 0.5) is 28.4 Å². The first-order chi connectivity index (χ1) is 17.6. The molecule has 1 aromatic carbocycles. The summed E-state index contributed by atoms with van der Waals surface area (Å²) in [6, 6.07) is 8.67. The molecule has 0 bridgehead atoms. The lowest BCUT2D eigenvalue weighted by atomic mass is 10.2. The number of amides is 1. The number of piperazine rings is 1. The molecule has 1 fully saturated rings. The first kappa shape index (κ1) is 26.1. The van der Waals surface area contributed by atoms with Crippen molar-refractivity contribution in [3.8, 4) is 0 Å². The summed E-state index contributed by atoms with van der Waals surface area (Å²) in [5, 5.41) is 18.6. The number of aryl methyl sites for hydroxylation is 1. The van der Waals surface area contributed by atoms with Gasteiger partial charge < -0.3 is 20.6 Å². The molecule has 0 aliphatic carbocycles. The number of aromatic nitrogens is 3. The summed E-state index contributed by atoms with van der Waals surface area (Å²) in [7, 11) is -3.36. The fourth-order valence-corrected chi connectivity index (χ4v) is 4.89. The van der Waals surface area contributed by atoms with Gasteiger partial charge in [-0.05, 0) is 31.5 Å². The van der Waals surface area contributed by atoms with Gasteiger partial charge in [-0.25, -0.2) is 18.2 Å². The molecule has 3 heterocycles. The first-order valence-corrected chi connectivity index (χ1v) is 13.8. The molecule has 1 saturated heterocycles. The van der Waals surface area contributed by atoms with Crippen molar-refractivity contribution in [1.82, 2.24) is 20.3 Å². The maximum absolute atomic E-state index is 11.9. The van der Waals surface area contributed by atoms with Crippen molar-refractivity contribution in [3.63, 3.8) is 0 Å². The van der Waals surface area contributed by atoms with E-state index in [4.69, 9.17) is 0 Å². The number of aromatic carboxylic acids is 1. The van der Waals surface area contributed by atoms with Crippen molar-refractivity contribution in [2.24, 2.45) is 0 Å². The second kappa shape index (κ2) is 11.0. The number of nitrogens with one attached hydrogen (secondary N) is 4. The molecule has 1 aliphatic heterocycles. The van der Waals surface area contributed by atoms with Crippen molar-refractivity contribution >= 4 is 61.6 Å². The van der Waals surface area contributed by atoms with Crippen LogP contribution in [0.1, 0.15) is 27.9 Å². The second-order valence-electron chi connectivity index (χ2n) is 8.13. The minimum Gasteiger partial charge on any atom is -0.477 e. The Morgan fingerprint density at radius 3 is 2.62 bits per heavy atom. The number of carbonyl (C=O) groups is 2. The molecule has 2 aromatic heterocycles. The minimum absolute atomic E-state index is 0.0143. The lowest BCUT2D eigenvalue weighted by Crippen LogP contribution is -2.48. The summed E-state index contributed by atoms with van der Waals surface area (Å²) in [5.74, 6) is -0.00495. The van der Waals surface area contributed by atoms with E-state index < -0.39 is 16.0 Å². The number of hydrogen-bond donors (Lipinski definition) is 5. The minimum atomic E-state index is -3.36. The predicted octanol–water partition coefficient (Wildman–Crippen LogP) is 1.99.